The molecule has 1 aliphatic carbocycles. The largest absolute Gasteiger partial charge is 0.419 e. The number of aryl methyl sites for hydroxylation is 1. The molecule has 0 bridgehead atoms. The number of hydrogen-bond acceptors (Lipinski definition) is 5. The fraction of sp³-hybridized carbons (Fsp3) is 0.579. The second kappa shape index (κ2) is 7.31. The van der Waals surface area contributed by atoms with Crippen LogP contribution in [0.25, 0.3) is 0 Å². The van der Waals surface area contributed by atoms with Crippen molar-refractivity contribution < 1.29 is 18.0 Å². The summed E-state index contributed by atoms with van der Waals surface area (Å²) < 4.78 is 41.5. The number of hydrogen-bond donors (Lipinski definition) is 1. The molecule has 0 atom stereocenters. The van der Waals surface area contributed by atoms with E-state index >= 15 is 0 Å². The Morgan fingerprint density at radius 3 is 2.48 bits per heavy atom. The van der Waals surface area contributed by atoms with Gasteiger partial charge in [0.05, 0.1) is 28.7 Å². The quantitative estimate of drug-likeness (QED) is 0.833. The summed E-state index contributed by atoms with van der Waals surface area (Å²) in [5.41, 5.74) is 0.697. The van der Waals surface area contributed by atoms with E-state index in [0.29, 0.717) is 18.8 Å². The van der Waals surface area contributed by atoms with E-state index in [0.717, 1.165) is 37.6 Å². The summed E-state index contributed by atoms with van der Waals surface area (Å²) in [5.74, 6) is 0.0766. The molecule has 2 aromatic rings. The number of nitrogens with zero attached hydrogens (tertiary/aromatic N) is 5. The van der Waals surface area contributed by atoms with E-state index in [2.05, 4.69) is 20.4 Å². The molecular weight excluding hydrogens is 385 g/mol. The summed E-state index contributed by atoms with van der Waals surface area (Å²) in [4.78, 5) is 21.3. The Balaban J connectivity index is 1.51. The zero-order valence-electron chi connectivity index (χ0n) is 16.3. The van der Waals surface area contributed by atoms with Crippen LogP contribution in [-0.4, -0.2) is 43.6 Å². The number of piperidine rings is 1. The summed E-state index contributed by atoms with van der Waals surface area (Å²) in [6, 6.07) is 0.176. The van der Waals surface area contributed by atoms with E-state index in [4.69, 9.17) is 0 Å². The Kier molecular flexibility index (Phi) is 4.95. The van der Waals surface area contributed by atoms with Gasteiger partial charge in [-0.15, -0.1) is 0 Å². The number of anilines is 2. The van der Waals surface area contributed by atoms with E-state index in [9.17, 15) is 18.0 Å². The van der Waals surface area contributed by atoms with Crippen LogP contribution in [0, 0.1) is 6.92 Å². The molecule has 1 amide bonds. The van der Waals surface area contributed by atoms with Crippen LogP contribution in [0.2, 0.25) is 0 Å². The maximum absolute atomic E-state index is 13.2. The highest BCUT2D eigenvalue weighted by molar-refractivity contribution is 5.73. The van der Waals surface area contributed by atoms with Gasteiger partial charge < -0.3 is 10.2 Å². The van der Waals surface area contributed by atoms with Gasteiger partial charge in [-0.1, -0.05) is 0 Å². The van der Waals surface area contributed by atoms with Crippen LogP contribution in [0.3, 0.4) is 0 Å². The first kappa shape index (κ1) is 19.7. The van der Waals surface area contributed by atoms with Crippen molar-refractivity contribution in [3.05, 3.63) is 29.3 Å². The highest BCUT2D eigenvalue weighted by Gasteiger charge is 2.40. The highest BCUT2D eigenvalue weighted by atomic mass is 19.4. The number of carbonyl (C=O) groups excluding carboxylic acids is 1. The first-order valence-electron chi connectivity index (χ1n) is 9.75. The number of carbonyl (C=O) groups is 1. The molecule has 0 aromatic carbocycles. The van der Waals surface area contributed by atoms with Crippen LogP contribution in [-0.2, 0) is 11.0 Å². The molecule has 1 saturated carbocycles. The second-order valence-corrected chi connectivity index (χ2v) is 7.73. The van der Waals surface area contributed by atoms with Crippen molar-refractivity contribution in [2.45, 2.75) is 57.7 Å². The lowest BCUT2D eigenvalue weighted by Gasteiger charge is -2.31. The number of alkyl halides is 3. The molecule has 29 heavy (non-hydrogen) atoms. The number of amides is 1. The number of likely N-dealkylation sites (tertiary alicyclic amines) is 1. The van der Waals surface area contributed by atoms with Crippen LogP contribution < -0.4 is 5.32 Å². The highest BCUT2D eigenvalue weighted by Crippen LogP contribution is 2.45. The third kappa shape index (κ3) is 4.20. The van der Waals surface area contributed by atoms with Gasteiger partial charge in [0.2, 0.25) is 11.9 Å². The second-order valence-electron chi connectivity index (χ2n) is 7.73. The van der Waals surface area contributed by atoms with Gasteiger partial charge in [0.25, 0.3) is 0 Å². The Morgan fingerprint density at radius 2 is 1.90 bits per heavy atom. The van der Waals surface area contributed by atoms with Gasteiger partial charge in [0.15, 0.2) is 0 Å². The third-order valence-corrected chi connectivity index (χ3v) is 5.53. The minimum atomic E-state index is -4.45. The van der Waals surface area contributed by atoms with Gasteiger partial charge in [0.1, 0.15) is 0 Å². The molecule has 1 N–H and O–H groups in total. The van der Waals surface area contributed by atoms with Gasteiger partial charge in [-0.25, -0.2) is 9.97 Å². The maximum Gasteiger partial charge on any atom is 0.419 e. The molecule has 2 fully saturated rings. The molecule has 0 spiro atoms. The van der Waals surface area contributed by atoms with Gasteiger partial charge in [-0.05, 0) is 32.6 Å². The van der Waals surface area contributed by atoms with Crippen LogP contribution in [0.5, 0.6) is 0 Å². The Bertz CT molecular complexity index is 913. The van der Waals surface area contributed by atoms with Crippen molar-refractivity contribution in [2.24, 2.45) is 0 Å². The van der Waals surface area contributed by atoms with Crippen molar-refractivity contribution >= 4 is 17.5 Å². The summed E-state index contributed by atoms with van der Waals surface area (Å²) in [6.45, 7) is 4.78. The van der Waals surface area contributed by atoms with E-state index in [1.807, 2.05) is 22.7 Å². The van der Waals surface area contributed by atoms with Crippen molar-refractivity contribution in [3.8, 4) is 0 Å². The molecule has 7 nitrogen and oxygen atoms in total. The van der Waals surface area contributed by atoms with Gasteiger partial charge >= 0.3 is 6.18 Å². The predicted molar refractivity (Wildman–Crippen MR) is 99.8 cm³/mol. The van der Waals surface area contributed by atoms with Crippen molar-refractivity contribution in [2.75, 3.05) is 18.4 Å². The summed E-state index contributed by atoms with van der Waals surface area (Å²) in [5, 5.41) is 7.57. The fourth-order valence-electron chi connectivity index (χ4n) is 3.70. The maximum atomic E-state index is 13.2. The SMILES string of the molecule is CC(=O)N1CCC(n2cc(Nc3ncc(C(F)(F)F)c(C4CC4)n3)c(C)n2)CC1. The van der Waals surface area contributed by atoms with E-state index < -0.39 is 11.7 Å². The molecule has 2 aromatic heterocycles. The molecule has 1 saturated heterocycles. The number of aromatic nitrogens is 4. The average molecular weight is 408 g/mol. The van der Waals surface area contributed by atoms with Crippen molar-refractivity contribution in [1.82, 2.24) is 24.6 Å². The molecule has 4 rings (SSSR count). The lowest BCUT2D eigenvalue weighted by Crippen LogP contribution is -2.37. The summed E-state index contributed by atoms with van der Waals surface area (Å²) in [7, 11) is 0. The average Bonchev–Trinajstić information content (AvgIpc) is 3.45. The van der Waals surface area contributed by atoms with Crippen LogP contribution >= 0.6 is 0 Å². The van der Waals surface area contributed by atoms with E-state index in [1.54, 1.807) is 6.92 Å². The Hall–Kier alpha value is -2.65. The van der Waals surface area contributed by atoms with Gasteiger partial charge in [0, 0.05) is 38.3 Å². The molecule has 156 valence electrons. The van der Waals surface area contributed by atoms with E-state index in [-0.39, 0.29) is 29.5 Å². The molecule has 10 heteroatoms. The monoisotopic (exact) mass is 408 g/mol. The van der Waals surface area contributed by atoms with Crippen LogP contribution in [0.4, 0.5) is 24.8 Å². The lowest BCUT2D eigenvalue weighted by atomic mass is 10.1. The Labute approximate surface area is 166 Å². The topological polar surface area (TPSA) is 75.9 Å². The van der Waals surface area contributed by atoms with Crippen LogP contribution in [0.1, 0.15) is 61.5 Å². The molecular formula is C19H23F3N6O. The fourth-order valence-corrected chi connectivity index (χ4v) is 3.70. The standard InChI is InChI=1S/C19H23F3N6O/c1-11-16(10-28(26-11)14-5-7-27(8-6-14)12(2)29)24-18-23-9-15(19(20,21)22)17(25-18)13-3-4-13/h9-10,13-14H,3-8H2,1-2H3,(H,23,24,25). The summed E-state index contributed by atoms with van der Waals surface area (Å²) >= 11 is 0. The van der Waals surface area contributed by atoms with Gasteiger partial charge in [-0.3, -0.25) is 9.48 Å². The third-order valence-electron chi connectivity index (χ3n) is 5.53. The normalized spacial score (nSPS) is 18.2. The molecule has 0 unspecified atom stereocenters. The molecule has 2 aliphatic rings. The minimum absolute atomic E-state index is 0.0663. The van der Waals surface area contributed by atoms with Gasteiger partial charge in [-0.2, -0.15) is 18.3 Å². The number of nitrogens with one attached hydrogen (secondary N) is 1. The van der Waals surface area contributed by atoms with Crippen LogP contribution in [0.15, 0.2) is 12.4 Å². The number of halogens is 3. The molecule has 1 aliphatic heterocycles. The first-order chi connectivity index (χ1) is 13.7. The first-order valence-corrected chi connectivity index (χ1v) is 9.75. The summed E-state index contributed by atoms with van der Waals surface area (Å²) in [6.07, 6.45) is 1.30. The zero-order valence-corrected chi connectivity index (χ0v) is 16.3. The van der Waals surface area contributed by atoms with Crippen molar-refractivity contribution in [1.29, 1.82) is 0 Å². The smallest absolute Gasteiger partial charge is 0.343 e. The molecule has 0 radical (unpaired) electrons. The Morgan fingerprint density at radius 1 is 1.21 bits per heavy atom. The number of rotatable bonds is 4. The lowest BCUT2D eigenvalue weighted by molar-refractivity contribution is -0.138. The van der Waals surface area contributed by atoms with Crippen molar-refractivity contribution in [3.63, 3.8) is 0 Å². The minimum Gasteiger partial charge on any atom is -0.343 e. The predicted octanol–water partition coefficient (Wildman–Crippen LogP) is 3.80. The van der Waals surface area contributed by atoms with E-state index in [1.165, 1.54) is 0 Å². The zero-order chi connectivity index (χ0) is 20.8. The molecule has 3 heterocycles.